The van der Waals surface area contributed by atoms with Gasteiger partial charge in [-0.15, -0.1) is 0 Å². The Labute approximate surface area is 100 Å². The number of para-hydroxylation sites is 1. The van der Waals surface area contributed by atoms with Gasteiger partial charge in [0.05, 0.1) is 0 Å². The summed E-state index contributed by atoms with van der Waals surface area (Å²) in [5.41, 5.74) is 2.27. The molecule has 1 aromatic carbocycles. The minimum Gasteiger partial charge on any atom is -0.328 e. The van der Waals surface area contributed by atoms with E-state index in [1.165, 1.54) is 5.69 Å². The second kappa shape index (κ2) is 3.97. The summed E-state index contributed by atoms with van der Waals surface area (Å²) >= 11 is 0. The largest absolute Gasteiger partial charge is 0.328 e. The summed E-state index contributed by atoms with van der Waals surface area (Å²) in [5.74, 6) is 0.956. The van der Waals surface area contributed by atoms with Crippen LogP contribution in [0.3, 0.4) is 0 Å². The van der Waals surface area contributed by atoms with E-state index in [2.05, 4.69) is 38.3 Å². The summed E-state index contributed by atoms with van der Waals surface area (Å²) in [7, 11) is 0. The van der Waals surface area contributed by atoms with Gasteiger partial charge in [0.2, 0.25) is 0 Å². The summed E-state index contributed by atoms with van der Waals surface area (Å²) in [6.45, 7) is 2.81. The average molecular weight is 226 g/mol. The van der Waals surface area contributed by atoms with Crippen LogP contribution in [-0.2, 0) is 0 Å². The molecule has 1 aromatic heterocycles. The lowest BCUT2D eigenvalue weighted by atomic mass is 10.3. The fraction of sp³-hybridized carbons (Fsp3) is 0.154. The van der Waals surface area contributed by atoms with E-state index in [9.17, 15) is 0 Å². The van der Waals surface area contributed by atoms with Crippen LogP contribution in [0.1, 0.15) is 5.69 Å². The number of hydrogen-bond acceptors (Lipinski definition) is 3. The average Bonchev–Trinajstić information content (AvgIpc) is 2.98. The Hall–Kier alpha value is -2.23. The lowest BCUT2D eigenvalue weighted by Gasteiger charge is -2.19. The molecule has 2 heterocycles. The van der Waals surface area contributed by atoms with Crippen LogP contribution in [0.5, 0.6) is 0 Å². The number of nitrogens with one attached hydrogen (secondary N) is 1. The molecular weight excluding hydrogens is 212 g/mol. The first kappa shape index (κ1) is 9.96. The number of nitrogens with zero attached hydrogens (tertiary/aromatic N) is 3. The Kier molecular flexibility index (Phi) is 2.33. The van der Waals surface area contributed by atoms with Crippen LogP contribution in [0, 0.1) is 6.92 Å². The van der Waals surface area contributed by atoms with Crippen LogP contribution in [0.25, 0.3) is 0 Å². The minimum atomic E-state index is 0.800. The Bertz CT molecular complexity index is 529. The maximum absolute atomic E-state index is 4.25. The standard InChI is InChI=1S/C13H14N4/c1-11-9-13(15-14-11)17-8-7-16(10-17)12-5-3-2-4-6-12/h2-9H,10H2,1H3,(H,14,15). The normalized spacial score (nSPS) is 14.6. The van der Waals surface area contributed by atoms with Crippen molar-refractivity contribution < 1.29 is 0 Å². The van der Waals surface area contributed by atoms with Crippen LogP contribution in [0.4, 0.5) is 11.5 Å². The molecule has 4 nitrogen and oxygen atoms in total. The van der Waals surface area contributed by atoms with E-state index in [1.54, 1.807) is 0 Å². The molecule has 0 saturated heterocycles. The fourth-order valence-corrected chi connectivity index (χ4v) is 1.91. The second-order valence-electron chi connectivity index (χ2n) is 4.12. The number of H-pyrrole nitrogens is 1. The molecule has 86 valence electrons. The lowest BCUT2D eigenvalue weighted by Crippen LogP contribution is -2.24. The van der Waals surface area contributed by atoms with E-state index >= 15 is 0 Å². The monoisotopic (exact) mass is 226 g/mol. The topological polar surface area (TPSA) is 35.2 Å². The van der Waals surface area contributed by atoms with Crippen molar-refractivity contribution in [1.82, 2.24) is 10.2 Å². The molecule has 17 heavy (non-hydrogen) atoms. The highest BCUT2D eigenvalue weighted by Crippen LogP contribution is 2.22. The molecule has 0 aliphatic carbocycles. The highest BCUT2D eigenvalue weighted by atomic mass is 15.4. The van der Waals surface area contributed by atoms with E-state index < -0.39 is 0 Å². The number of aromatic nitrogens is 2. The summed E-state index contributed by atoms with van der Waals surface area (Å²) in [4.78, 5) is 4.29. The number of anilines is 2. The zero-order valence-corrected chi connectivity index (χ0v) is 9.67. The SMILES string of the molecule is Cc1cc(N2C=CN(c3ccccc3)C2)n[nH]1. The van der Waals surface area contributed by atoms with Crippen molar-refractivity contribution >= 4 is 11.5 Å². The van der Waals surface area contributed by atoms with Gasteiger partial charge in [-0.25, -0.2) is 0 Å². The summed E-state index contributed by atoms with van der Waals surface area (Å²) < 4.78 is 0. The third-order valence-electron chi connectivity index (χ3n) is 2.81. The molecule has 0 spiro atoms. The van der Waals surface area contributed by atoms with E-state index in [0.717, 1.165) is 18.2 Å². The van der Waals surface area contributed by atoms with Crippen molar-refractivity contribution in [2.45, 2.75) is 6.92 Å². The summed E-state index contributed by atoms with van der Waals surface area (Å²) in [6.07, 6.45) is 4.11. The summed E-state index contributed by atoms with van der Waals surface area (Å²) in [5, 5.41) is 7.20. The molecule has 0 atom stereocenters. The first-order chi connectivity index (χ1) is 8.33. The van der Waals surface area contributed by atoms with Gasteiger partial charge >= 0.3 is 0 Å². The smallest absolute Gasteiger partial charge is 0.156 e. The predicted molar refractivity (Wildman–Crippen MR) is 68.7 cm³/mol. The van der Waals surface area contributed by atoms with Crippen LogP contribution in [-0.4, -0.2) is 16.9 Å². The first-order valence-electron chi connectivity index (χ1n) is 5.61. The van der Waals surface area contributed by atoms with E-state index in [4.69, 9.17) is 0 Å². The molecule has 0 amide bonds. The molecule has 1 N–H and O–H groups in total. The van der Waals surface area contributed by atoms with Gasteiger partial charge in [-0.3, -0.25) is 5.10 Å². The highest BCUT2D eigenvalue weighted by Gasteiger charge is 2.16. The molecule has 1 aliphatic heterocycles. The Morgan fingerprint density at radius 3 is 2.59 bits per heavy atom. The van der Waals surface area contributed by atoms with Crippen LogP contribution >= 0.6 is 0 Å². The van der Waals surface area contributed by atoms with Gasteiger partial charge in [0.25, 0.3) is 0 Å². The molecule has 4 heteroatoms. The molecule has 0 unspecified atom stereocenters. The van der Waals surface area contributed by atoms with Crippen LogP contribution < -0.4 is 9.80 Å². The van der Waals surface area contributed by atoms with Crippen LogP contribution in [0.2, 0.25) is 0 Å². The van der Waals surface area contributed by atoms with Gasteiger partial charge in [0, 0.05) is 29.8 Å². The quantitative estimate of drug-likeness (QED) is 0.854. The fourth-order valence-electron chi connectivity index (χ4n) is 1.91. The maximum Gasteiger partial charge on any atom is 0.156 e. The predicted octanol–water partition coefficient (Wildman–Crippen LogP) is 2.47. The van der Waals surface area contributed by atoms with Gasteiger partial charge in [0.1, 0.15) is 6.67 Å². The molecule has 1 aliphatic rings. The molecule has 0 bridgehead atoms. The molecule has 3 rings (SSSR count). The number of aryl methyl sites for hydroxylation is 1. The zero-order valence-electron chi connectivity index (χ0n) is 9.67. The lowest BCUT2D eigenvalue weighted by molar-refractivity contribution is 0.936. The summed E-state index contributed by atoms with van der Waals surface area (Å²) in [6, 6.07) is 12.4. The van der Waals surface area contributed by atoms with Crippen molar-refractivity contribution in [2.24, 2.45) is 0 Å². The highest BCUT2D eigenvalue weighted by molar-refractivity contribution is 5.56. The zero-order chi connectivity index (χ0) is 11.7. The Morgan fingerprint density at radius 2 is 1.88 bits per heavy atom. The van der Waals surface area contributed by atoms with Gasteiger partial charge in [0.15, 0.2) is 5.82 Å². The Morgan fingerprint density at radius 1 is 1.12 bits per heavy atom. The van der Waals surface area contributed by atoms with Crippen molar-refractivity contribution in [3.8, 4) is 0 Å². The van der Waals surface area contributed by atoms with Crippen molar-refractivity contribution in [3.63, 3.8) is 0 Å². The number of rotatable bonds is 2. The number of benzene rings is 1. The van der Waals surface area contributed by atoms with Gasteiger partial charge in [-0.1, -0.05) is 18.2 Å². The number of hydrogen-bond donors (Lipinski definition) is 1. The van der Waals surface area contributed by atoms with Gasteiger partial charge in [-0.2, -0.15) is 5.10 Å². The van der Waals surface area contributed by atoms with E-state index in [-0.39, 0.29) is 0 Å². The molecule has 0 saturated carbocycles. The third kappa shape index (κ3) is 1.89. The molecular formula is C13H14N4. The van der Waals surface area contributed by atoms with Crippen molar-refractivity contribution in [3.05, 3.63) is 54.5 Å². The van der Waals surface area contributed by atoms with Crippen molar-refractivity contribution in [1.29, 1.82) is 0 Å². The first-order valence-corrected chi connectivity index (χ1v) is 5.61. The van der Waals surface area contributed by atoms with E-state index in [0.29, 0.717) is 0 Å². The van der Waals surface area contributed by atoms with Crippen molar-refractivity contribution in [2.75, 3.05) is 16.5 Å². The van der Waals surface area contributed by atoms with Crippen LogP contribution in [0.15, 0.2) is 48.8 Å². The second-order valence-corrected chi connectivity index (χ2v) is 4.12. The molecule has 0 radical (unpaired) electrons. The van der Waals surface area contributed by atoms with E-state index in [1.807, 2.05) is 37.4 Å². The number of aromatic amines is 1. The third-order valence-corrected chi connectivity index (χ3v) is 2.81. The van der Waals surface area contributed by atoms with Gasteiger partial charge in [-0.05, 0) is 19.1 Å². The minimum absolute atomic E-state index is 0.800. The van der Waals surface area contributed by atoms with Gasteiger partial charge < -0.3 is 9.80 Å². The maximum atomic E-state index is 4.25. The molecule has 2 aromatic rings. The Balaban J connectivity index is 1.77. The molecule has 0 fully saturated rings.